The number of amidine groups is 1. The number of nitrogens with two attached hydrogens (primary N) is 1. The molecule has 1 unspecified atom stereocenters. The minimum Gasteiger partial charge on any atom is -0.487 e. The van der Waals surface area contributed by atoms with Crippen LogP contribution in [0, 0.1) is 5.41 Å². The van der Waals surface area contributed by atoms with Crippen molar-refractivity contribution in [1.29, 1.82) is 5.41 Å². The van der Waals surface area contributed by atoms with Crippen LogP contribution in [0.2, 0.25) is 0 Å². The van der Waals surface area contributed by atoms with E-state index in [2.05, 4.69) is 4.90 Å². The fraction of sp³-hybridized carbons (Fsp3) is 0.348. The molecule has 0 bridgehead atoms. The van der Waals surface area contributed by atoms with Crippen molar-refractivity contribution in [2.24, 2.45) is 5.73 Å². The first-order chi connectivity index (χ1) is 15.8. The van der Waals surface area contributed by atoms with Crippen LogP contribution in [0.3, 0.4) is 0 Å². The average Bonchev–Trinajstić information content (AvgIpc) is 3.18. The number of carbonyl (C=O) groups is 2. The Morgan fingerprint density at radius 1 is 1.18 bits per heavy atom. The quantitative estimate of drug-likeness (QED) is 0.445. The number of nitrogen functional groups attached to an aromatic ring is 1. The molecule has 0 aliphatic carbocycles. The number of rotatable bonds is 6. The molecule has 0 spiro atoms. The highest BCUT2D eigenvalue weighted by Gasteiger charge is 2.33. The van der Waals surface area contributed by atoms with Crippen molar-refractivity contribution in [2.75, 3.05) is 49.3 Å². The third-order valence-corrected chi connectivity index (χ3v) is 5.01. The zero-order valence-corrected chi connectivity index (χ0v) is 18.4. The van der Waals surface area contributed by atoms with Crippen LogP contribution in [0.25, 0.3) is 0 Å². The molecule has 0 saturated carbocycles. The molecule has 2 aromatic rings. The van der Waals surface area contributed by atoms with Gasteiger partial charge in [-0.15, -0.1) is 0 Å². The highest BCUT2D eigenvalue weighted by molar-refractivity contribution is 5.96. The largest absolute Gasteiger partial charge is 0.487 e. The number of carbonyl (C=O) groups excluding carboxylic acids is 1. The lowest BCUT2D eigenvalue weighted by molar-refractivity contribution is -0.134. The van der Waals surface area contributed by atoms with E-state index in [1.807, 2.05) is 24.3 Å². The number of para-hydroxylation sites is 2. The van der Waals surface area contributed by atoms with Crippen LogP contribution in [0.5, 0.6) is 5.75 Å². The number of hydrogen-bond acceptors (Lipinski definition) is 7. The van der Waals surface area contributed by atoms with Crippen molar-refractivity contribution in [3.05, 3.63) is 54.1 Å². The Morgan fingerprint density at radius 2 is 1.82 bits per heavy atom. The van der Waals surface area contributed by atoms with E-state index < -0.39 is 12.1 Å². The summed E-state index contributed by atoms with van der Waals surface area (Å²) in [5.41, 5.74) is 7.82. The minimum atomic E-state index is -0.833. The van der Waals surface area contributed by atoms with Crippen LogP contribution in [0.4, 0.5) is 16.2 Å². The summed E-state index contributed by atoms with van der Waals surface area (Å²) in [6.45, 7) is 4.80. The second-order valence-electron chi connectivity index (χ2n) is 7.47. The molecule has 1 atom stereocenters. The molecule has 2 heterocycles. The highest BCUT2D eigenvalue weighted by Crippen LogP contribution is 2.29. The summed E-state index contributed by atoms with van der Waals surface area (Å²) in [7, 11) is 0. The van der Waals surface area contributed by atoms with Crippen LogP contribution in [0.15, 0.2) is 48.5 Å². The molecule has 0 aromatic heterocycles. The first-order valence-electron chi connectivity index (χ1n) is 10.5. The summed E-state index contributed by atoms with van der Waals surface area (Å²) >= 11 is 0. The van der Waals surface area contributed by atoms with Crippen molar-refractivity contribution < 1.29 is 28.9 Å². The van der Waals surface area contributed by atoms with E-state index in [0.717, 1.165) is 31.5 Å². The molecule has 2 fully saturated rings. The van der Waals surface area contributed by atoms with Gasteiger partial charge in [0.05, 0.1) is 25.4 Å². The van der Waals surface area contributed by atoms with E-state index in [1.54, 1.807) is 29.2 Å². The van der Waals surface area contributed by atoms with Crippen LogP contribution in [-0.2, 0) is 14.3 Å². The fourth-order valence-corrected chi connectivity index (χ4v) is 3.47. The number of nitrogens with one attached hydrogen (secondary N) is 1. The standard InChI is InChI=1S/C21H24N4O4.C2H4O2/c22-20(23)15-5-7-16(8-6-15)25-13-17(29-21(25)26)14-28-19-4-2-1-3-18(19)24-9-11-27-12-10-24;1-2(3)4/h1-8,17H,9-14H2,(H3,22,23);1H3,(H,3,4). The Morgan fingerprint density at radius 3 is 2.45 bits per heavy atom. The number of benzene rings is 2. The molecule has 2 aliphatic heterocycles. The predicted octanol–water partition coefficient (Wildman–Crippen LogP) is 2.30. The zero-order valence-electron chi connectivity index (χ0n) is 18.4. The normalized spacial score (nSPS) is 17.6. The summed E-state index contributed by atoms with van der Waals surface area (Å²) in [6, 6.07) is 14.8. The second kappa shape index (κ2) is 11.2. The molecule has 33 heavy (non-hydrogen) atoms. The van der Waals surface area contributed by atoms with Crippen molar-refractivity contribution in [1.82, 2.24) is 0 Å². The highest BCUT2D eigenvalue weighted by atomic mass is 16.6. The van der Waals surface area contributed by atoms with Gasteiger partial charge in [0.2, 0.25) is 0 Å². The first-order valence-corrected chi connectivity index (χ1v) is 10.5. The monoisotopic (exact) mass is 456 g/mol. The Hall–Kier alpha value is -3.79. The lowest BCUT2D eigenvalue weighted by Gasteiger charge is -2.30. The van der Waals surface area contributed by atoms with Crippen molar-refractivity contribution in [3.8, 4) is 5.75 Å². The van der Waals surface area contributed by atoms with Gasteiger partial charge in [-0.3, -0.25) is 15.1 Å². The Kier molecular flexibility index (Phi) is 8.09. The van der Waals surface area contributed by atoms with E-state index in [9.17, 15) is 4.79 Å². The van der Waals surface area contributed by atoms with Gasteiger partial charge in [0.1, 0.15) is 18.2 Å². The molecule has 10 nitrogen and oxygen atoms in total. The molecular weight excluding hydrogens is 428 g/mol. The van der Waals surface area contributed by atoms with Gasteiger partial charge in [0, 0.05) is 31.3 Å². The fourth-order valence-electron chi connectivity index (χ4n) is 3.47. The summed E-state index contributed by atoms with van der Waals surface area (Å²) in [5.74, 6) is -0.0690. The average molecular weight is 456 g/mol. The molecule has 10 heteroatoms. The van der Waals surface area contributed by atoms with Gasteiger partial charge in [-0.25, -0.2) is 4.79 Å². The number of amides is 1. The van der Waals surface area contributed by atoms with Gasteiger partial charge in [-0.05, 0) is 36.4 Å². The Balaban J connectivity index is 0.000000709. The molecule has 4 rings (SSSR count). The van der Waals surface area contributed by atoms with Gasteiger partial charge < -0.3 is 30.0 Å². The third-order valence-electron chi connectivity index (χ3n) is 5.01. The molecule has 1 amide bonds. The number of ether oxygens (including phenoxy) is 3. The number of nitrogens with zero attached hydrogens (tertiary/aromatic N) is 2. The Bertz CT molecular complexity index is 971. The first kappa shape index (κ1) is 23.9. The maximum atomic E-state index is 12.3. The van der Waals surface area contributed by atoms with E-state index in [4.69, 9.17) is 35.3 Å². The molecule has 4 N–H and O–H groups in total. The number of anilines is 2. The number of hydrogen-bond donors (Lipinski definition) is 3. The zero-order chi connectivity index (χ0) is 23.8. The van der Waals surface area contributed by atoms with E-state index in [1.165, 1.54) is 0 Å². The van der Waals surface area contributed by atoms with Gasteiger partial charge in [0.25, 0.3) is 5.97 Å². The van der Waals surface area contributed by atoms with Gasteiger partial charge >= 0.3 is 6.09 Å². The topological polar surface area (TPSA) is 138 Å². The summed E-state index contributed by atoms with van der Waals surface area (Å²) in [5, 5.41) is 14.9. The van der Waals surface area contributed by atoms with Crippen LogP contribution in [-0.4, -0.2) is 68.6 Å². The SMILES string of the molecule is CC(=O)O.N=C(N)c1ccc(N2CC(COc3ccccc3N3CCOCC3)OC2=O)cc1. The molecular formula is C23H28N4O6. The maximum absolute atomic E-state index is 12.3. The third kappa shape index (κ3) is 6.59. The second-order valence-corrected chi connectivity index (χ2v) is 7.47. The lowest BCUT2D eigenvalue weighted by Crippen LogP contribution is -2.36. The van der Waals surface area contributed by atoms with E-state index >= 15 is 0 Å². The summed E-state index contributed by atoms with van der Waals surface area (Å²) in [4.78, 5) is 25.1. The number of carboxylic acid groups (broad SMARTS) is 1. The number of morpholine rings is 1. The van der Waals surface area contributed by atoms with Crippen molar-refractivity contribution in [3.63, 3.8) is 0 Å². The molecule has 176 valence electrons. The maximum Gasteiger partial charge on any atom is 0.414 e. The van der Waals surface area contributed by atoms with E-state index in [-0.39, 0.29) is 18.5 Å². The summed E-state index contributed by atoms with van der Waals surface area (Å²) < 4.78 is 16.9. The van der Waals surface area contributed by atoms with Gasteiger partial charge in [-0.1, -0.05) is 12.1 Å². The number of cyclic esters (lactones) is 1. The molecule has 0 radical (unpaired) electrons. The van der Waals surface area contributed by atoms with Gasteiger partial charge in [-0.2, -0.15) is 0 Å². The van der Waals surface area contributed by atoms with Crippen LogP contribution in [0.1, 0.15) is 12.5 Å². The number of carboxylic acids is 1. The minimum absolute atomic E-state index is 0.00856. The smallest absolute Gasteiger partial charge is 0.414 e. The van der Waals surface area contributed by atoms with Crippen molar-refractivity contribution in [2.45, 2.75) is 13.0 Å². The van der Waals surface area contributed by atoms with E-state index in [0.29, 0.717) is 31.0 Å². The molecule has 2 aromatic carbocycles. The lowest BCUT2D eigenvalue weighted by atomic mass is 10.2. The molecule has 2 saturated heterocycles. The van der Waals surface area contributed by atoms with Crippen LogP contribution >= 0.6 is 0 Å². The predicted molar refractivity (Wildman–Crippen MR) is 123 cm³/mol. The van der Waals surface area contributed by atoms with Crippen LogP contribution < -0.4 is 20.3 Å². The number of aliphatic carboxylic acids is 1. The summed E-state index contributed by atoms with van der Waals surface area (Å²) in [6.07, 6.45) is -0.775. The molecule has 2 aliphatic rings. The van der Waals surface area contributed by atoms with Gasteiger partial charge in [0.15, 0.2) is 6.10 Å². The van der Waals surface area contributed by atoms with Crippen molar-refractivity contribution >= 4 is 29.3 Å². The Labute approximate surface area is 191 Å².